The third-order valence-corrected chi connectivity index (χ3v) is 5.78. The summed E-state index contributed by atoms with van der Waals surface area (Å²) in [7, 11) is 0. The molecule has 0 radical (unpaired) electrons. The molecule has 5 nitrogen and oxygen atoms in total. The van der Waals surface area contributed by atoms with Crippen LogP contribution in [0, 0.1) is 0 Å². The number of ether oxygens (including phenoxy) is 1. The fourth-order valence-electron chi connectivity index (χ4n) is 4.08. The van der Waals surface area contributed by atoms with Crippen molar-refractivity contribution in [3.63, 3.8) is 0 Å². The standard InChI is InChI=1S/C26H28N2O3/c1-2-31-25-10-6-5-9-23(25)27-15-17-28(18-16-27)26(30)14-13-24(29)22-12-11-20-7-3-4-8-21(20)19-22/h3-12,19H,2,13-18H2,1H3. The molecule has 31 heavy (non-hydrogen) atoms. The first kappa shape index (κ1) is 20.9. The van der Waals surface area contributed by atoms with Crippen molar-refractivity contribution in [3.8, 4) is 5.75 Å². The lowest BCUT2D eigenvalue weighted by Gasteiger charge is -2.36. The van der Waals surface area contributed by atoms with Crippen molar-refractivity contribution in [3.05, 3.63) is 72.3 Å². The number of piperazine rings is 1. The molecular weight excluding hydrogens is 388 g/mol. The van der Waals surface area contributed by atoms with Crippen molar-refractivity contribution in [1.29, 1.82) is 0 Å². The van der Waals surface area contributed by atoms with Crippen LogP contribution in [-0.4, -0.2) is 49.4 Å². The number of rotatable bonds is 7. The first-order valence-electron chi connectivity index (χ1n) is 10.9. The van der Waals surface area contributed by atoms with Crippen LogP contribution in [0.1, 0.15) is 30.1 Å². The van der Waals surface area contributed by atoms with Gasteiger partial charge in [0, 0.05) is 44.6 Å². The molecule has 0 spiro atoms. The molecule has 1 fully saturated rings. The minimum absolute atomic E-state index is 0.0170. The summed E-state index contributed by atoms with van der Waals surface area (Å²) in [6, 6.07) is 21.7. The predicted octanol–water partition coefficient (Wildman–Crippen LogP) is 4.55. The monoisotopic (exact) mass is 416 g/mol. The zero-order chi connectivity index (χ0) is 21.6. The summed E-state index contributed by atoms with van der Waals surface area (Å²) in [4.78, 5) is 29.4. The molecule has 0 atom stereocenters. The number of fused-ring (bicyclic) bond motifs is 1. The molecule has 3 aromatic rings. The van der Waals surface area contributed by atoms with Crippen LogP contribution in [0.5, 0.6) is 5.75 Å². The second-order valence-corrected chi connectivity index (χ2v) is 7.75. The summed E-state index contributed by atoms with van der Waals surface area (Å²) >= 11 is 0. The normalized spacial score (nSPS) is 14.0. The lowest BCUT2D eigenvalue weighted by molar-refractivity contribution is -0.131. The van der Waals surface area contributed by atoms with Gasteiger partial charge in [-0.25, -0.2) is 0 Å². The number of carbonyl (C=O) groups is 2. The maximum absolute atomic E-state index is 12.7. The van der Waals surface area contributed by atoms with Gasteiger partial charge in [-0.3, -0.25) is 9.59 Å². The van der Waals surface area contributed by atoms with Gasteiger partial charge in [-0.05, 0) is 35.9 Å². The quantitative estimate of drug-likeness (QED) is 0.530. The van der Waals surface area contributed by atoms with E-state index in [9.17, 15) is 9.59 Å². The van der Waals surface area contributed by atoms with Crippen molar-refractivity contribution in [2.24, 2.45) is 0 Å². The number of para-hydroxylation sites is 2. The van der Waals surface area contributed by atoms with Gasteiger partial charge in [-0.2, -0.15) is 0 Å². The molecule has 0 aromatic heterocycles. The van der Waals surface area contributed by atoms with E-state index in [1.54, 1.807) is 0 Å². The highest BCUT2D eigenvalue weighted by molar-refractivity contribution is 6.01. The molecule has 1 aliphatic heterocycles. The first-order chi connectivity index (χ1) is 15.2. The van der Waals surface area contributed by atoms with E-state index in [-0.39, 0.29) is 24.5 Å². The van der Waals surface area contributed by atoms with Crippen LogP contribution in [0.2, 0.25) is 0 Å². The number of benzene rings is 3. The Hall–Kier alpha value is -3.34. The lowest BCUT2D eigenvalue weighted by Crippen LogP contribution is -2.48. The van der Waals surface area contributed by atoms with Gasteiger partial charge in [0.15, 0.2) is 5.78 Å². The number of amides is 1. The second kappa shape index (κ2) is 9.65. The van der Waals surface area contributed by atoms with E-state index in [0.717, 1.165) is 35.3 Å². The highest BCUT2D eigenvalue weighted by atomic mass is 16.5. The molecule has 1 aliphatic rings. The van der Waals surface area contributed by atoms with E-state index in [2.05, 4.69) is 11.0 Å². The molecule has 1 saturated heterocycles. The third-order valence-electron chi connectivity index (χ3n) is 5.78. The maximum Gasteiger partial charge on any atom is 0.223 e. The van der Waals surface area contributed by atoms with Gasteiger partial charge in [0.2, 0.25) is 5.91 Å². The minimum Gasteiger partial charge on any atom is -0.492 e. The highest BCUT2D eigenvalue weighted by Gasteiger charge is 2.23. The minimum atomic E-state index is 0.0170. The molecule has 0 saturated carbocycles. The fraction of sp³-hybridized carbons (Fsp3) is 0.308. The molecular formula is C26H28N2O3. The largest absolute Gasteiger partial charge is 0.492 e. The summed E-state index contributed by atoms with van der Waals surface area (Å²) < 4.78 is 5.74. The number of hydrogen-bond donors (Lipinski definition) is 0. The smallest absolute Gasteiger partial charge is 0.223 e. The Kier molecular flexibility index (Phi) is 6.51. The number of hydrogen-bond acceptors (Lipinski definition) is 4. The average Bonchev–Trinajstić information content (AvgIpc) is 2.82. The van der Waals surface area contributed by atoms with Gasteiger partial charge in [0.05, 0.1) is 12.3 Å². The van der Waals surface area contributed by atoms with Crippen LogP contribution in [0.15, 0.2) is 66.7 Å². The average molecular weight is 417 g/mol. The zero-order valence-corrected chi connectivity index (χ0v) is 17.9. The Morgan fingerprint density at radius 1 is 0.839 bits per heavy atom. The van der Waals surface area contributed by atoms with Crippen molar-refractivity contribution in [2.45, 2.75) is 19.8 Å². The molecule has 0 bridgehead atoms. The van der Waals surface area contributed by atoms with E-state index >= 15 is 0 Å². The Morgan fingerprint density at radius 2 is 1.55 bits per heavy atom. The van der Waals surface area contributed by atoms with E-state index < -0.39 is 0 Å². The molecule has 5 heteroatoms. The third kappa shape index (κ3) is 4.88. The van der Waals surface area contributed by atoms with Gasteiger partial charge in [0.1, 0.15) is 5.75 Å². The van der Waals surface area contributed by atoms with Crippen LogP contribution in [0.4, 0.5) is 5.69 Å². The van der Waals surface area contributed by atoms with Gasteiger partial charge < -0.3 is 14.5 Å². The number of anilines is 1. The Morgan fingerprint density at radius 3 is 2.32 bits per heavy atom. The first-order valence-corrected chi connectivity index (χ1v) is 10.9. The van der Waals surface area contributed by atoms with Gasteiger partial charge in [-0.1, -0.05) is 48.5 Å². The van der Waals surface area contributed by atoms with Crippen LogP contribution in [0.3, 0.4) is 0 Å². The molecule has 4 rings (SSSR count). The molecule has 1 heterocycles. The second-order valence-electron chi connectivity index (χ2n) is 7.75. The summed E-state index contributed by atoms with van der Waals surface area (Å²) in [6.45, 7) is 5.43. The zero-order valence-electron chi connectivity index (χ0n) is 17.9. The summed E-state index contributed by atoms with van der Waals surface area (Å²) in [5.74, 6) is 0.945. The topological polar surface area (TPSA) is 49.9 Å². The predicted molar refractivity (Wildman–Crippen MR) is 124 cm³/mol. The fourth-order valence-corrected chi connectivity index (χ4v) is 4.08. The lowest BCUT2D eigenvalue weighted by atomic mass is 10.0. The van der Waals surface area contributed by atoms with E-state index in [1.165, 1.54) is 0 Å². The van der Waals surface area contributed by atoms with Crippen molar-refractivity contribution in [1.82, 2.24) is 4.90 Å². The molecule has 160 valence electrons. The van der Waals surface area contributed by atoms with Crippen LogP contribution >= 0.6 is 0 Å². The Balaban J connectivity index is 1.30. The van der Waals surface area contributed by atoms with Crippen molar-refractivity contribution >= 4 is 28.2 Å². The van der Waals surface area contributed by atoms with Gasteiger partial charge in [-0.15, -0.1) is 0 Å². The number of ketones is 1. The summed E-state index contributed by atoms with van der Waals surface area (Å²) in [6.07, 6.45) is 0.492. The Labute approximate surface area is 183 Å². The van der Waals surface area contributed by atoms with E-state index in [1.807, 2.05) is 72.5 Å². The number of Topliss-reactive ketones (excluding diaryl/α,β-unsaturated/α-hetero) is 1. The van der Waals surface area contributed by atoms with Crippen molar-refractivity contribution in [2.75, 3.05) is 37.7 Å². The molecule has 0 aliphatic carbocycles. The number of nitrogens with zero attached hydrogens (tertiary/aromatic N) is 2. The SMILES string of the molecule is CCOc1ccccc1N1CCN(C(=O)CCC(=O)c2ccc3ccccc3c2)CC1. The summed E-state index contributed by atoms with van der Waals surface area (Å²) in [5.41, 5.74) is 1.74. The highest BCUT2D eigenvalue weighted by Crippen LogP contribution is 2.29. The van der Waals surface area contributed by atoms with Crippen LogP contribution in [0.25, 0.3) is 10.8 Å². The van der Waals surface area contributed by atoms with Crippen LogP contribution in [-0.2, 0) is 4.79 Å². The van der Waals surface area contributed by atoms with E-state index in [0.29, 0.717) is 25.3 Å². The van der Waals surface area contributed by atoms with Gasteiger partial charge in [0.25, 0.3) is 0 Å². The molecule has 3 aromatic carbocycles. The Bertz CT molecular complexity index is 1070. The van der Waals surface area contributed by atoms with Gasteiger partial charge >= 0.3 is 0 Å². The molecule has 0 N–H and O–H groups in total. The summed E-state index contributed by atoms with van der Waals surface area (Å²) in [5, 5.41) is 2.15. The maximum atomic E-state index is 12.7. The number of carbonyl (C=O) groups excluding carboxylic acids is 2. The molecule has 0 unspecified atom stereocenters. The molecule has 1 amide bonds. The van der Waals surface area contributed by atoms with Crippen molar-refractivity contribution < 1.29 is 14.3 Å². The van der Waals surface area contributed by atoms with Crippen LogP contribution < -0.4 is 9.64 Å². The van der Waals surface area contributed by atoms with E-state index in [4.69, 9.17) is 4.74 Å².